The Balaban J connectivity index is 3.01. The first-order valence-corrected chi connectivity index (χ1v) is 5.30. The molecule has 0 aromatic heterocycles. The fourth-order valence-electron chi connectivity index (χ4n) is 1.09. The first-order chi connectivity index (χ1) is 7.82. The number of rotatable bonds is 3. The summed E-state index contributed by atoms with van der Waals surface area (Å²) in [5, 5.41) is 10.5. The van der Waals surface area contributed by atoms with Gasteiger partial charge in [-0.2, -0.15) is 0 Å². The van der Waals surface area contributed by atoms with Gasteiger partial charge in [0.2, 0.25) is 0 Å². The fraction of sp³-hybridized carbons (Fsp3) is 0.200. The minimum atomic E-state index is -1.30. The Hall–Kier alpha value is -1.50. The molecule has 0 saturated heterocycles. The van der Waals surface area contributed by atoms with Crippen molar-refractivity contribution in [3.05, 3.63) is 33.8 Å². The quantitative estimate of drug-likeness (QED) is 0.896. The highest BCUT2D eigenvalue weighted by Crippen LogP contribution is 2.19. The van der Waals surface area contributed by atoms with Gasteiger partial charge in [0.25, 0.3) is 5.91 Å². The molecule has 1 amide bonds. The Kier molecular flexibility index (Phi) is 4.17. The Morgan fingerprint density at radius 3 is 2.24 bits per heavy atom. The first kappa shape index (κ1) is 13.6. The van der Waals surface area contributed by atoms with Gasteiger partial charge in [0, 0.05) is 4.47 Å². The van der Waals surface area contributed by atoms with E-state index < -0.39 is 35.1 Å². The topological polar surface area (TPSA) is 66.4 Å². The monoisotopic (exact) mass is 307 g/mol. The van der Waals surface area contributed by atoms with E-state index in [9.17, 15) is 18.4 Å². The normalized spacial score (nSPS) is 12.0. The van der Waals surface area contributed by atoms with Crippen molar-refractivity contribution in [2.45, 2.75) is 13.0 Å². The van der Waals surface area contributed by atoms with E-state index in [2.05, 4.69) is 15.9 Å². The van der Waals surface area contributed by atoms with Gasteiger partial charge in [0.05, 0.1) is 0 Å². The number of carboxylic acids is 1. The molecule has 0 aliphatic heterocycles. The standard InChI is InChI=1S/C10H8BrF2NO3/c1-4(10(16)17)14-9(15)8-6(12)2-5(11)3-7(8)13/h2-4H,1H3,(H,14,15)(H,16,17)/t4-/m1/s1. The van der Waals surface area contributed by atoms with Gasteiger partial charge >= 0.3 is 5.97 Å². The van der Waals surface area contributed by atoms with Crippen molar-refractivity contribution in [3.63, 3.8) is 0 Å². The lowest BCUT2D eigenvalue weighted by atomic mass is 10.1. The van der Waals surface area contributed by atoms with E-state index in [-0.39, 0.29) is 4.47 Å². The maximum atomic E-state index is 13.3. The zero-order valence-corrected chi connectivity index (χ0v) is 10.2. The molecule has 1 aromatic rings. The van der Waals surface area contributed by atoms with Crippen LogP contribution in [0.2, 0.25) is 0 Å². The molecule has 0 saturated carbocycles. The number of amides is 1. The van der Waals surface area contributed by atoms with E-state index in [4.69, 9.17) is 5.11 Å². The van der Waals surface area contributed by atoms with Crippen molar-refractivity contribution in [3.8, 4) is 0 Å². The summed E-state index contributed by atoms with van der Waals surface area (Å²) in [6.45, 7) is 1.19. The van der Waals surface area contributed by atoms with Crippen molar-refractivity contribution < 1.29 is 23.5 Å². The van der Waals surface area contributed by atoms with Crippen molar-refractivity contribution >= 4 is 27.8 Å². The van der Waals surface area contributed by atoms with E-state index >= 15 is 0 Å². The molecule has 0 unspecified atom stereocenters. The van der Waals surface area contributed by atoms with Gasteiger partial charge in [-0.05, 0) is 19.1 Å². The third kappa shape index (κ3) is 3.23. The largest absolute Gasteiger partial charge is 0.480 e. The molecule has 0 bridgehead atoms. The number of carbonyl (C=O) groups is 2. The van der Waals surface area contributed by atoms with Crippen LogP contribution in [0.4, 0.5) is 8.78 Å². The van der Waals surface area contributed by atoms with Gasteiger partial charge in [-0.25, -0.2) is 8.78 Å². The molecule has 1 atom stereocenters. The van der Waals surface area contributed by atoms with Crippen LogP contribution in [0.1, 0.15) is 17.3 Å². The van der Waals surface area contributed by atoms with Gasteiger partial charge in [0.15, 0.2) is 0 Å². The molecular weight excluding hydrogens is 300 g/mol. The Labute approximate surface area is 104 Å². The lowest BCUT2D eigenvalue weighted by Crippen LogP contribution is -2.39. The smallest absolute Gasteiger partial charge is 0.325 e. The van der Waals surface area contributed by atoms with Crippen LogP contribution in [0, 0.1) is 11.6 Å². The van der Waals surface area contributed by atoms with Crippen LogP contribution in [-0.4, -0.2) is 23.0 Å². The summed E-state index contributed by atoms with van der Waals surface area (Å²) in [4.78, 5) is 21.9. The second kappa shape index (κ2) is 5.22. The second-order valence-corrected chi connectivity index (χ2v) is 4.19. The van der Waals surface area contributed by atoms with Gasteiger partial charge in [-0.3, -0.25) is 9.59 Å². The lowest BCUT2D eigenvalue weighted by Gasteiger charge is -2.10. The highest BCUT2D eigenvalue weighted by molar-refractivity contribution is 9.10. The predicted octanol–water partition coefficient (Wildman–Crippen LogP) is 1.93. The summed E-state index contributed by atoms with van der Waals surface area (Å²) >= 11 is 2.86. The predicted molar refractivity (Wildman–Crippen MR) is 58.6 cm³/mol. The van der Waals surface area contributed by atoms with E-state index in [0.29, 0.717) is 0 Å². The van der Waals surface area contributed by atoms with Crippen molar-refractivity contribution in [2.75, 3.05) is 0 Å². The molecule has 4 nitrogen and oxygen atoms in total. The van der Waals surface area contributed by atoms with Gasteiger partial charge in [0.1, 0.15) is 23.2 Å². The van der Waals surface area contributed by atoms with E-state index in [1.165, 1.54) is 6.92 Å². The van der Waals surface area contributed by atoms with Crippen molar-refractivity contribution in [1.82, 2.24) is 5.32 Å². The lowest BCUT2D eigenvalue weighted by molar-refractivity contribution is -0.138. The van der Waals surface area contributed by atoms with Gasteiger partial charge in [-0.15, -0.1) is 0 Å². The van der Waals surface area contributed by atoms with Crippen LogP contribution in [0.25, 0.3) is 0 Å². The van der Waals surface area contributed by atoms with Crippen LogP contribution >= 0.6 is 15.9 Å². The van der Waals surface area contributed by atoms with E-state index in [0.717, 1.165) is 12.1 Å². The Morgan fingerprint density at radius 2 is 1.82 bits per heavy atom. The molecule has 1 aromatic carbocycles. The van der Waals surface area contributed by atoms with Crippen LogP contribution in [0.15, 0.2) is 16.6 Å². The molecule has 17 heavy (non-hydrogen) atoms. The van der Waals surface area contributed by atoms with E-state index in [1.54, 1.807) is 0 Å². The zero-order valence-electron chi connectivity index (χ0n) is 8.63. The fourth-order valence-corrected chi connectivity index (χ4v) is 1.49. The minimum Gasteiger partial charge on any atom is -0.480 e. The third-order valence-electron chi connectivity index (χ3n) is 1.95. The summed E-state index contributed by atoms with van der Waals surface area (Å²) < 4.78 is 26.8. The summed E-state index contributed by atoms with van der Waals surface area (Å²) in [7, 11) is 0. The number of benzene rings is 1. The minimum absolute atomic E-state index is 0.148. The van der Waals surface area contributed by atoms with Gasteiger partial charge < -0.3 is 10.4 Å². The summed E-state index contributed by atoms with van der Waals surface area (Å²) in [6.07, 6.45) is 0. The average Bonchev–Trinajstić information content (AvgIpc) is 2.15. The molecular formula is C10H8BrF2NO3. The molecule has 0 spiro atoms. The summed E-state index contributed by atoms with van der Waals surface area (Å²) in [5.74, 6) is -4.53. The molecule has 92 valence electrons. The number of carbonyl (C=O) groups excluding carboxylic acids is 1. The van der Waals surface area contributed by atoms with Crippen LogP contribution < -0.4 is 5.32 Å². The molecule has 0 heterocycles. The van der Waals surface area contributed by atoms with Crippen LogP contribution in [0.5, 0.6) is 0 Å². The molecule has 0 radical (unpaired) electrons. The molecule has 0 aliphatic rings. The SMILES string of the molecule is C[C@@H](NC(=O)c1c(F)cc(Br)cc1F)C(=O)O. The van der Waals surface area contributed by atoms with Crippen LogP contribution in [0.3, 0.4) is 0 Å². The number of hydrogen-bond acceptors (Lipinski definition) is 2. The Bertz CT molecular complexity index is 456. The number of halogens is 3. The average molecular weight is 308 g/mol. The van der Waals surface area contributed by atoms with Crippen molar-refractivity contribution in [1.29, 1.82) is 0 Å². The highest BCUT2D eigenvalue weighted by Gasteiger charge is 2.21. The van der Waals surface area contributed by atoms with Gasteiger partial charge in [-0.1, -0.05) is 15.9 Å². The summed E-state index contributed by atoms with van der Waals surface area (Å²) in [5.41, 5.74) is -0.804. The Morgan fingerprint density at radius 1 is 1.35 bits per heavy atom. The highest BCUT2D eigenvalue weighted by atomic mass is 79.9. The maximum absolute atomic E-state index is 13.3. The van der Waals surface area contributed by atoms with Crippen LogP contribution in [-0.2, 0) is 4.79 Å². The molecule has 1 rings (SSSR count). The molecule has 0 fully saturated rings. The number of carboxylic acid groups (broad SMARTS) is 1. The second-order valence-electron chi connectivity index (χ2n) is 3.28. The molecule has 7 heteroatoms. The van der Waals surface area contributed by atoms with E-state index in [1.807, 2.05) is 5.32 Å². The van der Waals surface area contributed by atoms with Crippen molar-refractivity contribution in [2.24, 2.45) is 0 Å². The molecule has 0 aliphatic carbocycles. The number of hydrogen-bond donors (Lipinski definition) is 2. The zero-order chi connectivity index (χ0) is 13.2. The first-order valence-electron chi connectivity index (χ1n) is 4.51. The number of aliphatic carboxylic acids is 1. The third-order valence-corrected chi connectivity index (χ3v) is 2.41. The maximum Gasteiger partial charge on any atom is 0.325 e. The summed E-state index contributed by atoms with van der Waals surface area (Å²) in [6, 6.07) is 0.609. The molecule has 2 N–H and O–H groups in total. The number of nitrogens with one attached hydrogen (secondary N) is 1.